The van der Waals surface area contributed by atoms with E-state index >= 15 is 0 Å². The zero-order valence-electron chi connectivity index (χ0n) is 15.3. The summed E-state index contributed by atoms with van der Waals surface area (Å²) >= 11 is 0. The zero-order chi connectivity index (χ0) is 19.2. The number of aliphatic hydroxyl groups is 2. The highest BCUT2D eigenvalue weighted by Gasteiger charge is 2.15. The van der Waals surface area contributed by atoms with Gasteiger partial charge >= 0.3 is 0 Å². The molecule has 0 aliphatic carbocycles. The number of nitriles is 1. The molecule has 27 heavy (non-hydrogen) atoms. The molecule has 1 aliphatic heterocycles. The third-order valence-electron chi connectivity index (χ3n) is 4.98. The molecule has 1 heterocycles. The van der Waals surface area contributed by atoms with Crippen molar-refractivity contribution in [3.63, 3.8) is 0 Å². The van der Waals surface area contributed by atoms with Gasteiger partial charge in [-0.1, -0.05) is 24.3 Å². The number of carbonyl (C=O) groups is 1. The Balaban J connectivity index is 1.89. The van der Waals surface area contributed by atoms with Crippen LogP contribution in [0.1, 0.15) is 31.2 Å². The van der Waals surface area contributed by atoms with Crippen LogP contribution in [0.3, 0.4) is 0 Å². The molecule has 0 saturated carbocycles. The lowest BCUT2D eigenvalue weighted by atomic mass is 10.0. The van der Waals surface area contributed by atoms with Gasteiger partial charge in [0.05, 0.1) is 18.3 Å². The molecule has 5 heteroatoms. The van der Waals surface area contributed by atoms with E-state index in [1.807, 2.05) is 24.3 Å². The topological polar surface area (TPSA) is 84.6 Å². The average molecular weight is 364 g/mol. The van der Waals surface area contributed by atoms with Crippen LogP contribution in [-0.4, -0.2) is 41.8 Å². The zero-order valence-corrected chi connectivity index (χ0v) is 15.3. The maximum atomic E-state index is 12.2. The Labute approximate surface area is 159 Å². The molecule has 2 aromatic carbocycles. The molecule has 140 valence electrons. The van der Waals surface area contributed by atoms with Crippen LogP contribution >= 0.6 is 0 Å². The second kappa shape index (κ2) is 8.81. The van der Waals surface area contributed by atoms with Gasteiger partial charge < -0.3 is 15.1 Å². The minimum atomic E-state index is -0.933. The number of allylic oxidation sites excluding steroid dienone is 1. The standard InChI is InChI=1S/C22H24N2O3/c23-14-18(22(27)9-8-19(26)15-25)12-16-6-7-17-4-3-5-21(20(17)13-16)24-10-1-2-11-24/h3-7,12-13,19,25-26H,1-2,8-11,15H2/b18-12+/t19-/m0/s1. The first-order chi connectivity index (χ1) is 13.1. The predicted octanol–water partition coefficient (Wildman–Crippen LogP) is 3.05. The van der Waals surface area contributed by atoms with Crippen molar-refractivity contribution in [2.45, 2.75) is 31.8 Å². The number of rotatable bonds is 7. The molecule has 0 unspecified atom stereocenters. The van der Waals surface area contributed by atoms with Gasteiger partial charge in [-0.15, -0.1) is 0 Å². The molecule has 1 atom stereocenters. The van der Waals surface area contributed by atoms with Crippen molar-refractivity contribution in [3.05, 3.63) is 47.5 Å². The fourth-order valence-electron chi connectivity index (χ4n) is 3.46. The van der Waals surface area contributed by atoms with Gasteiger partial charge in [0.15, 0.2) is 5.78 Å². The van der Waals surface area contributed by atoms with E-state index in [0.29, 0.717) is 0 Å². The Hall–Kier alpha value is -2.68. The van der Waals surface area contributed by atoms with Crippen molar-refractivity contribution >= 4 is 28.3 Å². The van der Waals surface area contributed by atoms with E-state index in [2.05, 4.69) is 23.1 Å². The fraction of sp³-hybridized carbons (Fsp3) is 0.364. The summed E-state index contributed by atoms with van der Waals surface area (Å²) in [7, 11) is 0. The van der Waals surface area contributed by atoms with Crippen molar-refractivity contribution in [3.8, 4) is 6.07 Å². The minimum absolute atomic E-state index is 0.0354. The van der Waals surface area contributed by atoms with E-state index in [9.17, 15) is 15.2 Å². The summed E-state index contributed by atoms with van der Waals surface area (Å²) in [5.74, 6) is -0.321. The van der Waals surface area contributed by atoms with Gasteiger partial charge in [0.1, 0.15) is 6.07 Å². The number of ketones is 1. The number of nitrogens with zero attached hydrogens (tertiary/aromatic N) is 2. The van der Waals surface area contributed by atoms with Gasteiger partial charge in [0.2, 0.25) is 0 Å². The number of hydrogen-bond acceptors (Lipinski definition) is 5. The van der Waals surface area contributed by atoms with Crippen molar-refractivity contribution in [2.24, 2.45) is 0 Å². The second-order valence-electron chi connectivity index (χ2n) is 6.92. The summed E-state index contributed by atoms with van der Waals surface area (Å²) in [4.78, 5) is 14.6. The van der Waals surface area contributed by atoms with Crippen molar-refractivity contribution in [2.75, 3.05) is 24.6 Å². The van der Waals surface area contributed by atoms with E-state index in [1.165, 1.54) is 18.5 Å². The van der Waals surface area contributed by atoms with Crippen molar-refractivity contribution < 1.29 is 15.0 Å². The molecule has 1 fully saturated rings. The molecule has 5 nitrogen and oxygen atoms in total. The second-order valence-corrected chi connectivity index (χ2v) is 6.92. The predicted molar refractivity (Wildman–Crippen MR) is 106 cm³/mol. The first kappa shape index (κ1) is 19.1. The SMILES string of the molecule is N#C/C(=C\c1ccc2cccc(N3CCCC3)c2c1)C(=O)CC[C@H](O)CO. The lowest BCUT2D eigenvalue weighted by molar-refractivity contribution is -0.115. The lowest BCUT2D eigenvalue weighted by Gasteiger charge is -2.20. The molecular formula is C22H24N2O3. The summed E-state index contributed by atoms with van der Waals surface area (Å²) in [6.07, 6.45) is 3.25. The van der Waals surface area contributed by atoms with Crippen molar-refractivity contribution in [1.82, 2.24) is 0 Å². The summed E-state index contributed by atoms with van der Waals surface area (Å²) in [5.41, 5.74) is 2.07. The number of anilines is 1. The van der Waals surface area contributed by atoms with E-state index in [0.717, 1.165) is 29.4 Å². The van der Waals surface area contributed by atoms with Gasteiger partial charge in [-0.05, 0) is 48.4 Å². The number of fused-ring (bicyclic) bond motifs is 1. The highest BCUT2D eigenvalue weighted by Crippen LogP contribution is 2.30. The third kappa shape index (κ3) is 4.54. The smallest absolute Gasteiger partial charge is 0.173 e. The van der Waals surface area contributed by atoms with E-state index < -0.39 is 6.10 Å². The van der Waals surface area contributed by atoms with Crippen LogP contribution < -0.4 is 4.90 Å². The molecule has 0 aromatic heterocycles. The van der Waals surface area contributed by atoms with Gasteiger partial charge in [-0.2, -0.15) is 5.26 Å². The molecule has 1 aliphatic rings. The maximum absolute atomic E-state index is 12.2. The number of Topliss-reactive ketones (excluding diaryl/α,β-unsaturated/α-hetero) is 1. The molecule has 0 amide bonds. The minimum Gasteiger partial charge on any atom is -0.394 e. The van der Waals surface area contributed by atoms with Crippen LogP contribution in [0.25, 0.3) is 16.8 Å². The van der Waals surface area contributed by atoms with Crippen LogP contribution in [0.15, 0.2) is 42.0 Å². The van der Waals surface area contributed by atoms with E-state index in [-0.39, 0.29) is 30.8 Å². The van der Waals surface area contributed by atoms with Gasteiger partial charge in [0.25, 0.3) is 0 Å². The number of aliphatic hydroxyl groups excluding tert-OH is 2. The summed E-state index contributed by atoms with van der Waals surface area (Å²) < 4.78 is 0. The average Bonchev–Trinajstić information content (AvgIpc) is 3.23. The highest BCUT2D eigenvalue weighted by molar-refractivity contribution is 6.04. The first-order valence-electron chi connectivity index (χ1n) is 9.34. The van der Waals surface area contributed by atoms with Gasteiger partial charge in [0, 0.05) is 30.6 Å². The Morgan fingerprint density at radius 1 is 1.26 bits per heavy atom. The number of hydrogen-bond donors (Lipinski definition) is 2. The molecule has 2 N–H and O–H groups in total. The summed E-state index contributed by atoms with van der Waals surface area (Å²) in [6, 6.07) is 14.1. The monoisotopic (exact) mass is 364 g/mol. The Morgan fingerprint density at radius 3 is 2.74 bits per heavy atom. The van der Waals surface area contributed by atoms with Crippen molar-refractivity contribution in [1.29, 1.82) is 5.26 Å². The molecule has 0 spiro atoms. The lowest BCUT2D eigenvalue weighted by Crippen LogP contribution is -2.17. The van der Waals surface area contributed by atoms with Crippen LogP contribution in [0.4, 0.5) is 5.69 Å². The third-order valence-corrected chi connectivity index (χ3v) is 4.98. The number of benzene rings is 2. The molecule has 2 aromatic rings. The fourth-order valence-corrected chi connectivity index (χ4v) is 3.46. The summed E-state index contributed by atoms with van der Waals surface area (Å²) in [6.45, 7) is 1.71. The Morgan fingerprint density at radius 2 is 2.04 bits per heavy atom. The molecular weight excluding hydrogens is 340 g/mol. The van der Waals surface area contributed by atoms with Crippen LogP contribution in [0.2, 0.25) is 0 Å². The van der Waals surface area contributed by atoms with Crippen LogP contribution in [0, 0.1) is 11.3 Å². The van der Waals surface area contributed by atoms with E-state index in [4.69, 9.17) is 5.11 Å². The molecule has 1 saturated heterocycles. The van der Waals surface area contributed by atoms with Gasteiger partial charge in [-0.25, -0.2) is 0 Å². The largest absolute Gasteiger partial charge is 0.394 e. The van der Waals surface area contributed by atoms with Gasteiger partial charge in [-0.3, -0.25) is 4.79 Å². The Bertz CT molecular complexity index is 892. The summed E-state index contributed by atoms with van der Waals surface area (Å²) in [5, 5.41) is 29.9. The number of carbonyl (C=O) groups excluding carboxylic acids is 1. The highest BCUT2D eigenvalue weighted by atomic mass is 16.3. The normalized spacial score (nSPS) is 15.7. The molecule has 0 radical (unpaired) electrons. The molecule has 3 rings (SSSR count). The van der Waals surface area contributed by atoms with Crippen LogP contribution in [-0.2, 0) is 4.79 Å². The Kier molecular flexibility index (Phi) is 6.23. The van der Waals surface area contributed by atoms with Crippen LogP contribution in [0.5, 0.6) is 0 Å². The quantitative estimate of drug-likeness (QED) is 0.583. The van der Waals surface area contributed by atoms with E-state index in [1.54, 1.807) is 6.08 Å². The molecule has 0 bridgehead atoms. The maximum Gasteiger partial charge on any atom is 0.173 e. The first-order valence-corrected chi connectivity index (χ1v) is 9.34.